The quantitative estimate of drug-likeness (QED) is 0.198. The van der Waals surface area contributed by atoms with Crippen molar-refractivity contribution in [3.05, 3.63) is 0 Å². The zero-order valence-electron chi connectivity index (χ0n) is 16.5. The number of hydrogen-bond acceptors (Lipinski definition) is 7. The molecule has 0 spiro atoms. The number of primary amides is 1. The Morgan fingerprint density at radius 1 is 1.07 bits per heavy atom. The minimum atomic E-state index is -1.46. The number of carboxylic acid groups (broad SMARTS) is 2. The lowest BCUT2D eigenvalue weighted by Crippen LogP contribution is -2.57. The number of carbonyl (C=O) groups excluding carboxylic acids is 4. The lowest BCUT2D eigenvalue weighted by Gasteiger charge is -2.28. The fourth-order valence-corrected chi connectivity index (χ4v) is 3.00. The average Bonchev–Trinajstić information content (AvgIpc) is 3.12. The van der Waals surface area contributed by atoms with Gasteiger partial charge in [0.15, 0.2) is 0 Å². The molecule has 13 heteroatoms. The summed E-state index contributed by atoms with van der Waals surface area (Å²) in [5, 5.41) is 22.7. The summed E-state index contributed by atoms with van der Waals surface area (Å²) in [4.78, 5) is 71.9. The number of aliphatic carboxylic acids is 2. The molecule has 30 heavy (non-hydrogen) atoms. The molecule has 4 atom stereocenters. The summed E-state index contributed by atoms with van der Waals surface area (Å²) >= 11 is 0. The number of rotatable bonds is 11. The van der Waals surface area contributed by atoms with Crippen molar-refractivity contribution in [1.29, 1.82) is 0 Å². The topological polar surface area (TPSA) is 222 Å². The molecule has 1 aliphatic heterocycles. The standard InChI is InChI=1S/C17H27N5O8/c1-8(18)14(26)20-9(4-5-13(24)25)15(27)21-10(7-12(19)23)16(28)22-6-2-3-11(22)17(29)30/h8-11H,2-7,18H2,1H3,(H2,19,23)(H,20,26)(H,21,27)(H,24,25)(H,29,30). The Bertz CT molecular complexity index is 710. The second-order valence-electron chi connectivity index (χ2n) is 7.04. The summed E-state index contributed by atoms with van der Waals surface area (Å²) in [5.41, 5.74) is 10.6. The number of likely N-dealkylation sites (tertiary alicyclic amines) is 1. The largest absolute Gasteiger partial charge is 0.481 e. The van der Waals surface area contributed by atoms with Crippen molar-refractivity contribution >= 4 is 35.6 Å². The Morgan fingerprint density at radius 2 is 1.67 bits per heavy atom. The van der Waals surface area contributed by atoms with Crippen molar-refractivity contribution in [2.45, 2.75) is 63.2 Å². The van der Waals surface area contributed by atoms with Crippen LogP contribution in [0.3, 0.4) is 0 Å². The second kappa shape index (κ2) is 11.1. The van der Waals surface area contributed by atoms with Gasteiger partial charge in [0, 0.05) is 13.0 Å². The maximum atomic E-state index is 12.8. The molecule has 0 aromatic rings. The molecule has 0 radical (unpaired) electrons. The minimum absolute atomic E-state index is 0.130. The van der Waals surface area contributed by atoms with Gasteiger partial charge in [0.2, 0.25) is 23.6 Å². The van der Waals surface area contributed by atoms with Crippen LogP contribution in [0.1, 0.15) is 39.0 Å². The highest BCUT2D eigenvalue weighted by Crippen LogP contribution is 2.19. The maximum Gasteiger partial charge on any atom is 0.326 e. The number of nitrogens with zero attached hydrogens (tertiary/aromatic N) is 1. The van der Waals surface area contributed by atoms with E-state index in [1.807, 2.05) is 0 Å². The van der Waals surface area contributed by atoms with Gasteiger partial charge < -0.3 is 37.2 Å². The Kier molecular flexibility index (Phi) is 9.17. The van der Waals surface area contributed by atoms with Crippen molar-refractivity contribution in [3.8, 4) is 0 Å². The van der Waals surface area contributed by atoms with E-state index in [2.05, 4.69) is 10.6 Å². The molecule has 168 valence electrons. The third kappa shape index (κ3) is 7.31. The molecule has 1 heterocycles. The van der Waals surface area contributed by atoms with Crippen molar-refractivity contribution in [2.24, 2.45) is 11.5 Å². The fourth-order valence-electron chi connectivity index (χ4n) is 3.00. The first kappa shape index (κ1) is 24.8. The van der Waals surface area contributed by atoms with Crippen LogP contribution in [0.15, 0.2) is 0 Å². The van der Waals surface area contributed by atoms with Crippen LogP contribution in [0.2, 0.25) is 0 Å². The van der Waals surface area contributed by atoms with Gasteiger partial charge in [-0.25, -0.2) is 4.79 Å². The van der Waals surface area contributed by atoms with Gasteiger partial charge >= 0.3 is 11.9 Å². The number of hydrogen-bond donors (Lipinski definition) is 6. The van der Waals surface area contributed by atoms with Gasteiger partial charge in [0.25, 0.3) is 0 Å². The zero-order valence-corrected chi connectivity index (χ0v) is 16.5. The number of carboxylic acids is 2. The van der Waals surface area contributed by atoms with Gasteiger partial charge in [-0.1, -0.05) is 0 Å². The SMILES string of the molecule is CC(N)C(=O)NC(CCC(=O)O)C(=O)NC(CC(N)=O)C(=O)N1CCCC1C(=O)O. The summed E-state index contributed by atoms with van der Waals surface area (Å²) in [6, 6.07) is -4.87. The van der Waals surface area contributed by atoms with Crippen molar-refractivity contribution in [2.75, 3.05) is 6.54 Å². The Morgan fingerprint density at radius 3 is 2.17 bits per heavy atom. The van der Waals surface area contributed by atoms with E-state index in [1.54, 1.807) is 0 Å². The normalized spacial score (nSPS) is 18.7. The van der Waals surface area contributed by atoms with Crippen molar-refractivity contribution in [3.63, 3.8) is 0 Å². The van der Waals surface area contributed by atoms with E-state index in [1.165, 1.54) is 6.92 Å². The molecule has 1 saturated heterocycles. The van der Waals surface area contributed by atoms with Crippen LogP contribution in [0.25, 0.3) is 0 Å². The number of nitrogens with two attached hydrogens (primary N) is 2. The molecular weight excluding hydrogens is 402 g/mol. The molecule has 1 aliphatic rings. The lowest BCUT2D eigenvalue weighted by atomic mass is 10.1. The molecule has 0 bridgehead atoms. The molecule has 4 amide bonds. The first-order valence-electron chi connectivity index (χ1n) is 9.33. The van der Waals surface area contributed by atoms with Crippen LogP contribution in [-0.4, -0.2) is 81.4 Å². The Labute approximate surface area is 172 Å². The fraction of sp³-hybridized carbons (Fsp3) is 0.647. The Balaban J connectivity index is 3.00. The van der Waals surface area contributed by atoms with E-state index < -0.39 is 72.6 Å². The zero-order chi connectivity index (χ0) is 23.0. The van der Waals surface area contributed by atoms with Crippen LogP contribution in [-0.2, 0) is 28.8 Å². The van der Waals surface area contributed by atoms with Crippen LogP contribution in [0, 0.1) is 0 Å². The van der Waals surface area contributed by atoms with Crippen LogP contribution in [0.5, 0.6) is 0 Å². The molecule has 0 aromatic heterocycles. The monoisotopic (exact) mass is 429 g/mol. The molecule has 0 aliphatic carbocycles. The van der Waals surface area contributed by atoms with Crippen molar-refractivity contribution in [1.82, 2.24) is 15.5 Å². The highest BCUT2D eigenvalue weighted by Gasteiger charge is 2.38. The summed E-state index contributed by atoms with van der Waals surface area (Å²) in [5.74, 6) is -5.79. The maximum absolute atomic E-state index is 12.8. The van der Waals surface area contributed by atoms with Crippen LogP contribution in [0.4, 0.5) is 0 Å². The summed E-state index contributed by atoms with van der Waals surface area (Å²) < 4.78 is 0. The Hall–Kier alpha value is -3.22. The molecular formula is C17H27N5O8. The highest BCUT2D eigenvalue weighted by molar-refractivity contribution is 5.96. The van der Waals surface area contributed by atoms with Crippen molar-refractivity contribution < 1.29 is 39.0 Å². The number of amides is 4. The first-order chi connectivity index (χ1) is 13.9. The van der Waals surface area contributed by atoms with Crippen LogP contribution < -0.4 is 22.1 Å². The van der Waals surface area contributed by atoms with Gasteiger partial charge in [-0.3, -0.25) is 24.0 Å². The lowest BCUT2D eigenvalue weighted by molar-refractivity contribution is -0.149. The number of carbonyl (C=O) groups is 6. The first-order valence-corrected chi connectivity index (χ1v) is 9.33. The third-order valence-corrected chi connectivity index (χ3v) is 4.53. The molecule has 13 nitrogen and oxygen atoms in total. The van der Waals surface area contributed by atoms with E-state index in [0.717, 1.165) is 4.90 Å². The predicted octanol–water partition coefficient (Wildman–Crippen LogP) is -2.88. The summed E-state index contributed by atoms with van der Waals surface area (Å²) in [7, 11) is 0. The van der Waals surface area contributed by atoms with E-state index >= 15 is 0 Å². The van der Waals surface area contributed by atoms with Gasteiger partial charge in [-0.2, -0.15) is 0 Å². The summed E-state index contributed by atoms with van der Waals surface area (Å²) in [6.45, 7) is 1.49. The van der Waals surface area contributed by atoms with Gasteiger partial charge in [-0.15, -0.1) is 0 Å². The second-order valence-corrected chi connectivity index (χ2v) is 7.04. The predicted molar refractivity (Wildman–Crippen MR) is 101 cm³/mol. The average molecular weight is 429 g/mol. The molecule has 1 rings (SSSR count). The van der Waals surface area contributed by atoms with E-state index in [-0.39, 0.29) is 19.4 Å². The molecule has 8 N–H and O–H groups in total. The minimum Gasteiger partial charge on any atom is -0.481 e. The van der Waals surface area contributed by atoms with Gasteiger partial charge in [-0.05, 0) is 26.2 Å². The molecule has 0 saturated carbocycles. The van der Waals surface area contributed by atoms with E-state index in [0.29, 0.717) is 6.42 Å². The van der Waals surface area contributed by atoms with E-state index in [9.17, 15) is 33.9 Å². The molecule has 0 aromatic carbocycles. The summed E-state index contributed by atoms with van der Waals surface area (Å²) in [6.07, 6.45) is -0.687. The molecule has 4 unspecified atom stereocenters. The van der Waals surface area contributed by atoms with Crippen LogP contribution >= 0.6 is 0 Å². The number of nitrogens with one attached hydrogen (secondary N) is 2. The van der Waals surface area contributed by atoms with Gasteiger partial charge in [0.05, 0.1) is 12.5 Å². The highest BCUT2D eigenvalue weighted by atomic mass is 16.4. The molecule has 1 fully saturated rings. The third-order valence-electron chi connectivity index (χ3n) is 4.53. The van der Waals surface area contributed by atoms with E-state index in [4.69, 9.17) is 16.6 Å². The van der Waals surface area contributed by atoms with Gasteiger partial charge in [0.1, 0.15) is 18.1 Å². The smallest absolute Gasteiger partial charge is 0.326 e.